The number of hydrogen-bond donors (Lipinski definition) is 2. The van der Waals surface area contributed by atoms with Crippen molar-refractivity contribution in [3.8, 4) is 0 Å². The van der Waals surface area contributed by atoms with E-state index in [1.54, 1.807) is 19.9 Å². The van der Waals surface area contributed by atoms with Crippen LogP contribution in [0.15, 0.2) is 21.5 Å². The zero-order valence-corrected chi connectivity index (χ0v) is 14.4. The van der Waals surface area contributed by atoms with Crippen molar-refractivity contribution in [2.45, 2.75) is 30.7 Å². The lowest BCUT2D eigenvalue weighted by Crippen LogP contribution is -2.47. The molecule has 1 aromatic rings. The molecule has 1 heterocycles. The number of amides is 1. The molecular weight excluding hydrogens is 360 g/mol. The summed E-state index contributed by atoms with van der Waals surface area (Å²) in [5.74, 6) is -0.157. The third kappa shape index (κ3) is 2.85. The molecule has 0 spiro atoms. The van der Waals surface area contributed by atoms with Crippen LogP contribution in [0.5, 0.6) is 0 Å². The number of anilines is 1. The largest absolute Gasteiger partial charge is 0.394 e. The van der Waals surface area contributed by atoms with Crippen LogP contribution in [0.3, 0.4) is 0 Å². The van der Waals surface area contributed by atoms with E-state index in [-0.39, 0.29) is 23.8 Å². The molecule has 0 aromatic heterocycles. The van der Waals surface area contributed by atoms with Crippen molar-refractivity contribution >= 4 is 37.5 Å². The third-order valence-electron chi connectivity index (χ3n) is 3.66. The zero-order valence-electron chi connectivity index (χ0n) is 12.0. The SMILES string of the molecule is CN(C(C)(C)CO)S(=O)(=O)c1cc2c(cc1Br)NC(=O)C2. The average Bonchev–Trinajstić information content (AvgIpc) is 2.75. The van der Waals surface area contributed by atoms with Gasteiger partial charge in [-0.3, -0.25) is 4.79 Å². The van der Waals surface area contributed by atoms with Crippen LogP contribution in [-0.2, 0) is 21.2 Å². The summed E-state index contributed by atoms with van der Waals surface area (Å²) in [7, 11) is -2.37. The van der Waals surface area contributed by atoms with Crippen LogP contribution in [0.2, 0.25) is 0 Å². The topological polar surface area (TPSA) is 86.7 Å². The number of sulfonamides is 1. The van der Waals surface area contributed by atoms with Crippen LogP contribution in [0, 0.1) is 0 Å². The Balaban J connectivity index is 2.52. The second kappa shape index (κ2) is 5.35. The molecule has 2 rings (SSSR count). The minimum absolute atomic E-state index is 0.0850. The van der Waals surface area contributed by atoms with Crippen molar-refractivity contribution in [1.29, 1.82) is 0 Å². The van der Waals surface area contributed by atoms with Crippen LogP contribution in [0.1, 0.15) is 19.4 Å². The van der Waals surface area contributed by atoms with Gasteiger partial charge in [0, 0.05) is 17.2 Å². The number of nitrogens with one attached hydrogen (secondary N) is 1. The zero-order chi connectivity index (χ0) is 16.0. The standard InChI is InChI=1S/C13H17BrN2O4S/c1-13(2,7-17)16(3)21(19,20)11-4-8-5-12(18)15-10(8)6-9(11)14/h4,6,17H,5,7H2,1-3H3,(H,15,18). The first kappa shape index (κ1) is 16.4. The molecule has 6 nitrogen and oxygen atoms in total. The molecule has 1 aliphatic heterocycles. The molecule has 0 radical (unpaired) electrons. The van der Waals surface area contributed by atoms with Crippen molar-refractivity contribution in [1.82, 2.24) is 4.31 Å². The summed E-state index contributed by atoms with van der Waals surface area (Å²) in [6.45, 7) is 2.97. The molecule has 0 saturated carbocycles. The van der Waals surface area contributed by atoms with Crippen LogP contribution in [0.4, 0.5) is 5.69 Å². The molecule has 0 bridgehead atoms. The fourth-order valence-electron chi connectivity index (χ4n) is 2.00. The Morgan fingerprint density at radius 3 is 2.62 bits per heavy atom. The molecule has 116 valence electrons. The van der Waals surface area contributed by atoms with Gasteiger partial charge in [-0.05, 0) is 47.5 Å². The van der Waals surface area contributed by atoms with E-state index in [1.165, 1.54) is 13.1 Å². The number of fused-ring (bicyclic) bond motifs is 1. The molecule has 0 unspecified atom stereocenters. The van der Waals surface area contributed by atoms with Crippen molar-refractivity contribution in [2.75, 3.05) is 19.0 Å². The number of carbonyl (C=O) groups is 1. The van der Waals surface area contributed by atoms with Gasteiger partial charge in [0.2, 0.25) is 15.9 Å². The van der Waals surface area contributed by atoms with E-state index in [9.17, 15) is 18.3 Å². The number of benzene rings is 1. The summed E-state index contributed by atoms with van der Waals surface area (Å²) in [6, 6.07) is 3.09. The first-order chi connectivity index (χ1) is 9.59. The Morgan fingerprint density at radius 1 is 1.43 bits per heavy atom. The van der Waals surface area contributed by atoms with E-state index in [2.05, 4.69) is 21.2 Å². The molecule has 1 amide bonds. The summed E-state index contributed by atoms with van der Waals surface area (Å²) in [4.78, 5) is 11.5. The number of aliphatic hydroxyl groups excluding tert-OH is 1. The highest BCUT2D eigenvalue weighted by molar-refractivity contribution is 9.10. The molecule has 0 atom stereocenters. The minimum Gasteiger partial charge on any atom is -0.394 e. The first-order valence-corrected chi connectivity index (χ1v) is 8.55. The normalized spacial score (nSPS) is 15.2. The van der Waals surface area contributed by atoms with Gasteiger partial charge in [0.15, 0.2) is 0 Å². The summed E-state index contributed by atoms with van der Waals surface area (Å²) in [5, 5.41) is 12.0. The predicted molar refractivity (Wildman–Crippen MR) is 82.6 cm³/mol. The summed E-state index contributed by atoms with van der Waals surface area (Å²) in [6.07, 6.45) is 0.165. The molecule has 1 aromatic carbocycles. The Kier molecular flexibility index (Phi) is 4.18. The van der Waals surface area contributed by atoms with Crippen molar-refractivity contribution < 1.29 is 18.3 Å². The summed E-state index contributed by atoms with van der Waals surface area (Å²) in [5.41, 5.74) is 0.345. The quantitative estimate of drug-likeness (QED) is 0.829. The smallest absolute Gasteiger partial charge is 0.244 e. The highest BCUT2D eigenvalue weighted by Gasteiger charge is 2.35. The van der Waals surface area contributed by atoms with Gasteiger partial charge in [-0.25, -0.2) is 8.42 Å². The fraction of sp³-hybridized carbons (Fsp3) is 0.462. The number of aliphatic hydroxyl groups is 1. The van der Waals surface area contributed by atoms with Crippen molar-refractivity contribution in [3.05, 3.63) is 22.2 Å². The van der Waals surface area contributed by atoms with E-state index >= 15 is 0 Å². The van der Waals surface area contributed by atoms with Gasteiger partial charge in [-0.2, -0.15) is 4.31 Å². The molecular formula is C13H17BrN2O4S. The van der Waals surface area contributed by atoms with Crippen LogP contribution < -0.4 is 5.32 Å². The maximum absolute atomic E-state index is 12.7. The first-order valence-electron chi connectivity index (χ1n) is 6.32. The lowest BCUT2D eigenvalue weighted by molar-refractivity contribution is -0.115. The monoisotopic (exact) mass is 376 g/mol. The average molecular weight is 377 g/mol. The van der Waals surface area contributed by atoms with Gasteiger partial charge in [0.1, 0.15) is 0 Å². The van der Waals surface area contributed by atoms with E-state index in [0.717, 1.165) is 4.31 Å². The summed E-state index contributed by atoms with van der Waals surface area (Å²) >= 11 is 3.24. The Labute approximate surface area is 132 Å². The minimum atomic E-state index is -3.79. The number of likely N-dealkylation sites (N-methyl/N-ethyl adjacent to an activating group) is 1. The molecule has 2 N–H and O–H groups in total. The number of hydrogen-bond acceptors (Lipinski definition) is 4. The lowest BCUT2D eigenvalue weighted by atomic mass is 10.1. The van der Waals surface area contributed by atoms with Gasteiger partial charge in [0.25, 0.3) is 0 Å². The van der Waals surface area contributed by atoms with Crippen molar-refractivity contribution in [2.24, 2.45) is 0 Å². The van der Waals surface area contributed by atoms with E-state index < -0.39 is 15.6 Å². The molecule has 1 aliphatic rings. The van der Waals surface area contributed by atoms with E-state index in [4.69, 9.17) is 0 Å². The van der Waals surface area contributed by atoms with Crippen LogP contribution in [0.25, 0.3) is 0 Å². The Morgan fingerprint density at radius 2 is 2.05 bits per heavy atom. The Bertz CT molecular complexity index is 700. The second-order valence-corrected chi connectivity index (χ2v) is 8.40. The van der Waals surface area contributed by atoms with Gasteiger partial charge < -0.3 is 10.4 Å². The molecule has 0 saturated heterocycles. The van der Waals surface area contributed by atoms with Gasteiger partial charge in [-0.1, -0.05) is 0 Å². The fourth-order valence-corrected chi connectivity index (χ4v) is 4.55. The van der Waals surface area contributed by atoms with Crippen LogP contribution >= 0.6 is 15.9 Å². The Hall–Kier alpha value is -0.960. The van der Waals surface area contributed by atoms with Crippen molar-refractivity contribution in [3.63, 3.8) is 0 Å². The third-order valence-corrected chi connectivity index (χ3v) is 6.69. The number of rotatable bonds is 4. The number of carbonyl (C=O) groups excluding carboxylic acids is 1. The number of nitrogens with zero attached hydrogens (tertiary/aromatic N) is 1. The van der Waals surface area contributed by atoms with Gasteiger partial charge in [0.05, 0.1) is 23.5 Å². The maximum Gasteiger partial charge on any atom is 0.244 e. The number of halogens is 1. The van der Waals surface area contributed by atoms with Gasteiger partial charge in [-0.15, -0.1) is 0 Å². The van der Waals surface area contributed by atoms with Crippen LogP contribution in [-0.4, -0.2) is 42.9 Å². The van der Waals surface area contributed by atoms with E-state index in [1.807, 2.05) is 0 Å². The molecule has 21 heavy (non-hydrogen) atoms. The lowest BCUT2D eigenvalue weighted by Gasteiger charge is -2.33. The molecule has 0 aliphatic carbocycles. The summed E-state index contributed by atoms with van der Waals surface area (Å²) < 4.78 is 27.0. The van der Waals surface area contributed by atoms with E-state index in [0.29, 0.717) is 15.7 Å². The molecule has 0 fully saturated rings. The molecule has 8 heteroatoms. The maximum atomic E-state index is 12.7. The highest BCUT2D eigenvalue weighted by Crippen LogP contribution is 2.35. The highest BCUT2D eigenvalue weighted by atomic mass is 79.9. The predicted octanol–water partition coefficient (Wildman–Crippen LogP) is 1.34. The second-order valence-electron chi connectivity index (χ2n) is 5.61. The van der Waals surface area contributed by atoms with Gasteiger partial charge >= 0.3 is 0 Å².